The zero-order chi connectivity index (χ0) is 16.2. The van der Waals surface area contributed by atoms with Crippen molar-refractivity contribution in [3.05, 3.63) is 34.9 Å². The Morgan fingerprint density at radius 2 is 2.04 bits per heavy atom. The molecule has 2 fully saturated rings. The van der Waals surface area contributed by atoms with E-state index in [0.29, 0.717) is 31.1 Å². The molecule has 2 heterocycles. The molecule has 1 N–H and O–H groups in total. The SMILES string of the molecule is Cl.O=C1CCCCN1CC(=O)N1CCNCC1c1ccccc1Cl. The monoisotopic (exact) mass is 371 g/mol. The Labute approximate surface area is 153 Å². The molecule has 1 aromatic rings. The summed E-state index contributed by atoms with van der Waals surface area (Å²) in [6.45, 7) is 2.95. The molecular weight excluding hydrogens is 349 g/mol. The molecule has 24 heavy (non-hydrogen) atoms. The van der Waals surface area contributed by atoms with Crippen molar-refractivity contribution in [2.45, 2.75) is 25.3 Å². The Hall–Kier alpha value is -1.30. The number of amides is 2. The van der Waals surface area contributed by atoms with Crippen molar-refractivity contribution in [3.63, 3.8) is 0 Å². The van der Waals surface area contributed by atoms with Crippen molar-refractivity contribution in [1.29, 1.82) is 0 Å². The number of carbonyl (C=O) groups excluding carboxylic acids is 2. The second-order valence-electron chi connectivity index (χ2n) is 6.10. The molecule has 3 rings (SSSR count). The van der Waals surface area contributed by atoms with Crippen LogP contribution < -0.4 is 5.32 Å². The molecule has 5 nitrogen and oxygen atoms in total. The maximum absolute atomic E-state index is 12.8. The molecule has 0 saturated carbocycles. The summed E-state index contributed by atoms with van der Waals surface area (Å²) in [4.78, 5) is 28.3. The number of rotatable bonds is 3. The molecule has 2 aliphatic rings. The van der Waals surface area contributed by atoms with Gasteiger partial charge in [-0.05, 0) is 24.5 Å². The van der Waals surface area contributed by atoms with Crippen LogP contribution in [0.3, 0.4) is 0 Å². The van der Waals surface area contributed by atoms with Gasteiger partial charge in [0.05, 0.1) is 12.6 Å². The fraction of sp³-hybridized carbons (Fsp3) is 0.529. The lowest BCUT2D eigenvalue weighted by molar-refractivity contribution is -0.143. The minimum Gasteiger partial charge on any atom is -0.333 e. The number of benzene rings is 1. The third-order valence-corrected chi connectivity index (χ3v) is 4.92. The maximum Gasteiger partial charge on any atom is 0.242 e. The first-order valence-corrected chi connectivity index (χ1v) is 8.57. The number of piperazine rings is 1. The first-order chi connectivity index (χ1) is 11.2. The lowest BCUT2D eigenvalue weighted by Gasteiger charge is -2.38. The maximum atomic E-state index is 12.8. The molecule has 2 saturated heterocycles. The summed E-state index contributed by atoms with van der Waals surface area (Å²) in [6.07, 6.45) is 2.47. The van der Waals surface area contributed by atoms with Gasteiger partial charge in [-0.1, -0.05) is 29.8 Å². The summed E-state index contributed by atoms with van der Waals surface area (Å²) >= 11 is 6.31. The highest BCUT2D eigenvalue weighted by molar-refractivity contribution is 6.31. The van der Waals surface area contributed by atoms with E-state index in [1.165, 1.54) is 0 Å². The summed E-state index contributed by atoms with van der Waals surface area (Å²) < 4.78 is 0. The number of nitrogens with zero attached hydrogens (tertiary/aromatic N) is 2. The average Bonchev–Trinajstić information content (AvgIpc) is 2.57. The smallest absolute Gasteiger partial charge is 0.242 e. The van der Waals surface area contributed by atoms with Crippen LogP contribution in [0.15, 0.2) is 24.3 Å². The number of hydrogen-bond acceptors (Lipinski definition) is 3. The molecule has 7 heteroatoms. The highest BCUT2D eigenvalue weighted by Crippen LogP contribution is 2.28. The highest BCUT2D eigenvalue weighted by Gasteiger charge is 2.31. The Bertz CT molecular complexity index is 597. The van der Waals surface area contributed by atoms with Gasteiger partial charge in [-0.2, -0.15) is 0 Å². The number of likely N-dealkylation sites (tertiary alicyclic amines) is 1. The summed E-state index contributed by atoms with van der Waals surface area (Å²) in [6, 6.07) is 7.56. The lowest BCUT2D eigenvalue weighted by atomic mass is 10.0. The second-order valence-corrected chi connectivity index (χ2v) is 6.51. The van der Waals surface area contributed by atoms with Gasteiger partial charge >= 0.3 is 0 Å². The quantitative estimate of drug-likeness (QED) is 0.886. The minimum absolute atomic E-state index is 0. The molecule has 2 amide bonds. The van der Waals surface area contributed by atoms with Crippen LogP contribution in [-0.4, -0.2) is 54.3 Å². The topological polar surface area (TPSA) is 52.7 Å². The third-order valence-electron chi connectivity index (χ3n) is 4.58. The number of carbonyl (C=O) groups is 2. The molecule has 2 aliphatic heterocycles. The van der Waals surface area contributed by atoms with Gasteiger partial charge < -0.3 is 15.1 Å². The number of halogens is 2. The average molecular weight is 372 g/mol. The Morgan fingerprint density at radius 3 is 2.79 bits per heavy atom. The Morgan fingerprint density at radius 1 is 1.25 bits per heavy atom. The first kappa shape index (κ1) is 19.0. The molecule has 1 aromatic carbocycles. The molecule has 0 radical (unpaired) electrons. The summed E-state index contributed by atoms with van der Waals surface area (Å²) in [5, 5.41) is 4.00. The zero-order valence-corrected chi connectivity index (χ0v) is 15.1. The normalized spacial score (nSPS) is 21.4. The van der Waals surface area contributed by atoms with E-state index in [0.717, 1.165) is 24.9 Å². The van der Waals surface area contributed by atoms with Gasteiger partial charge in [0.15, 0.2) is 0 Å². The Balaban J connectivity index is 0.00000208. The van der Waals surface area contributed by atoms with Crippen LogP contribution in [0.1, 0.15) is 30.9 Å². The van der Waals surface area contributed by atoms with Crippen LogP contribution in [0, 0.1) is 0 Å². The van der Waals surface area contributed by atoms with E-state index in [1.807, 2.05) is 29.2 Å². The molecule has 0 spiro atoms. The van der Waals surface area contributed by atoms with Crippen molar-refractivity contribution in [3.8, 4) is 0 Å². The molecule has 0 bridgehead atoms. The lowest BCUT2D eigenvalue weighted by Crippen LogP contribution is -2.52. The largest absolute Gasteiger partial charge is 0.333 e. The first-order valence-electron chi connectivity index (χ1n) is 8.19. The van der Waals surface area contributed by atoms with Crippen LogP contribution in [-0.2, 0) is 9.59 Å². The molecule has 0 aliphatic carbocycles. The molecular formula is C17H23Cl2N3O2. The summed E-state index contributed by atoms with van der Waals surface area (Å²) in [5.74, 6) is 0.0979. The third kappa shape index (κ3) is 4.21. The van der Waals surface area contributed by atoms with Crippen molar-refractivity contribution in [2.75, 3.05) is 32.7 Å². The zero-order valence-electron chi connectivity index (χ0n) is 13.5. The van der Waals surface area contributed by atoms with Gasteiger partial charge in [0.2, 0.25) is 11.8 Å². The predicted octanol–water partition coefficient (Wildman–Crippen LogP) is 2.25. The highest BCUT2D eigenvalue weighted by atomic mass is 35.5. The van der Waals surface area contributed by atoms with E-state index in [9.17, 15) is 9.59 Å². The van der Waals surface area contributed by atoms with Crippen LogP contribution in [0.25, 0.3) is 0 Å². The minimum atomic E-state index is -0.0788. The van der Waals surface area contributed by atoms with Gasteiger partial charge in [-0.15, -0.1) is 12.4 Å². The molecule has 132 valence electrons. The number of hydrogen-bond donors (Lipinski definition) is 1. The van der Waals surface area contributed by atoms with E-state index in [4.69, 9.17) is 11.6 Å². The van der Waals surface area contributed by atoms with Crippen LogP contribution >= 0.6 is 24.0 Å². The van der Waals surface area contributed by atoms with E-state index in [1.54, 1.807) is 4.90 Å². The van der Waals surface area contributed by atoms with Crippen molar-refractivity contribution >= 4 is 35.8 Å². The van der Waals surface area contributed by atoms with E-state index in [2.05, 4.69) is 5.32 Å². The van der Waals surface area contributed by atoms with Crippen LogP contribution in [0.2, 0.25) is 5.02 Å². The van der Waals surface area contributed by atoms with E-state index in [-0.39, 0.29) is 36.8 Å². The number of nitrogens with one attached hydrogen (secondary N) is 1. The fourth-order valence-corrected chi connectivity index (χ4v) is 3.57. The van der Waals surface area contributed by atoms with Crippen molar-refractivity contribution < 1.29 is 9.59 Å². The van der Waals surface area contributed by atoms with Gasteiger partial charge in [-0.3, -0.25) is 9.59 Å². The standard InChI is InChI=1S/C17H22ClN3O2.ClH/c18-14-6-2-1-5-13(14)15-11-19-8-10-21(15)17(23)12-20-9-4-3-7-16(20)22;/h1-2,5-6,15,19H,3-4,7-12H2;1H. The van der Waals surface area contributed by atoms with Gasteiger partial charge in [0.25, 0.3) is 0 Å². The van der Waals surface area contributed by atoms with Gasteiger partial charge in [0, 0.05) is 37.6 Å². The second kappa shape index (κ2) is 8.70. The molecule has 1 unspecified atom stereocenters. The summed E-state index contributed by atoms with van der Waals surface area (Å²) in [5.41, 5.74) is 0.958. The van der Waals surface area contributed by atoms with Crippen molar-refractivity contribution in [2.24, 2.45) is 0 Å². The van der Waals surface area contributed by atoms with Crippen LogP contribution in [0.4, 0.5) is 0 Å². The van der Waals surface area contributed by atoms with Gasteiger partial charge in [-0.25, -0.2) is 0 Å². The van der Waals surface area contributed by atoms with Crippen LogP contribution in [0.5, 0.6) is 0 Å². The number of piperidine rings is 1. The van der Waals surface area contributed by atoms with Crippen molar-refractivity contribution in [1.82, 2.24) is 15.1 Å². The summed E-state index contributed by atoms with van der Waals surface area (Å²) in [7, 11) is 0. The van der Waals surface area contributed by atoms with E-state index >= 15 is 0 Å². The van der Waals surface area contributed by atoms with Gasteiger partial charge in [0.1, 0.15) is 0 Å². The van der Waals surface area contributed by atoms with E-state index < -0.39 is 0 Å². The Kier molecular flexibility index (Phi) is 6.90. The fourth-order valence-electron chi connectivity index (χ4n) is 3.31. The molecule has 1 atom stereocenters. The predicted molar refractivity (Wildman–Crippen MR) is 96.5 cm³/mol. The molecule has 0 aromatic heterocycles.